The summed E-state index contributed by atoms with van der Waals surface area (Å²) in [5.41, 5.74) is 0.952. The molecule has 0 atom stereocenters. The van der Waals surface area contributed by atoms with Crippen molar-refractivity contribution in [1.82, 2.24) is 4.90 Å². The van der Waals surface area contributed by atoms with Crippen LogP contribution in [0.5, 0.6) is 0 Å². The minimum Gasteiger partial charge on any atom is -0.422 e. The average molecular weight is 219 g/mol. The van der Waals surface area contributed by atoms with E-state index in [1.807, 2.05) is 30.3 Å². The van der Waals surface area contributed by atoms with Gasteiger partial charge in [-0.05, 0) is 5.56 Å². The molecule has 0 fully saturated rings. The van der Waals surface area contributed by atoms with Crippen LogP contribution in [-0.4, -0.2) is 29.4 Å². The Morgan fingerprint density at radius 3 is 2.69 bits per heavy atom. The first-order chi connectivity index (χ1) is 7.77. The summed E-state index contributed by atoms with van der Waals surface area (Å²) in [6.45, 7) is -0.133. The van der Waals surface area contributed by atoms with Crippen molar-refractivity contribution < 1.29 is 14.6 Å². The number of rotatable bonds is 4. The van der Waals surface area contributed by atoms with Gasteiger partial charge >= 0.3 is 6.09 Å². The summed E-state index contributed by atoms with van der Waals surface area (Å²) in [7, 11) is 0. The van der Waals surface area contributed by atoms with Crippen molar-refractivity contribution in [1.29, 1.82) is 0 Å². The number of nitrogens with zero attached hydrogens (tertiary/aromatic N) is 1. The Morgan fingerprint density at radius 1 is 1.44 bits per heavy atom. The van der Waals surface area contributed by atoms with E-state index in [0.717, 1.165) is 5.56 Å². The van der Waals surface area contributed by atoms with E-state index in [0.29, 0.717) is 6.54 Å². The van der Waals surface area contributed by atoms with Gasteiger partial charge in [0.25, 0.3) is 0 Å². The molecule has 1 amide bonds. The minimum atomic E-state index is -0.644. The van der Waals surface area contributed by atoms with Crippen molar-refractivity contribution in [3.63, 3.8) is 0 Å². The monoisotopic (exact) mass is 219 g/mol. The molecular weight excluding hydrogens is 206 g/mol. The van der Waals surface area contributed by atoms with Gasteiger partial charge in [-0.15, -0.1) is 6.42 Å². The summed E-state index contributed by atoms with van der Waals surface area (Å²) in [5.74, 6) is 2.37. The van der Waals surface area contributed by atoms with Crippen LogP contribution >= 0.6 is 0 Å². The number of carbonyl (C=O) groups is 1. The molecule has 0 spiro atoms. The first-order valence-electron chi connectivity index (χ1n) is 4.78. The molecule has 1 aromatic rings. The standard InChI is InChI=1S/C12H13NO3/c1-2-8-13(12(15)16-10-14)9-11-6-4-3-5-7-11/h1,3-7,14H,8-10H2. The Hall–Kier alpha value is -1.99. The lowest BCUT2D eigenvalue weighted by Gasteiger charge is -2.18. The normalized spacial score (nSPS) is 9.25. The lowest BCUT2D eigenvalue weighted by Crippen LogP contribution is -2.31. The van der Waals surface area contributed by atoms with Crippen LogP contribution in [0.25, 0.3) is 0 Å². The van der Waals surface area contributed by atoms with Crippen LogP contribution in [0.15, 0.2) is 30.3 Å². The van der Waals surface area contributed by atoms with E-state index in [4.69, 9.17) is 11.5 Å². The van der Waals surface area contributed by atoms with Gasteiger partial charge in [-0.2, -0.15) is 0 Å². The maximum absolute atomic E-state index is 11.4. The fourth-order valence-electron chi connectivity index (χ4n) is 1.25. The fourth-order valence-corrected chi connectivity index (χ4v) is 1.25. The Morgan fingerprint density at radius 2 is 2.12 bits per heavy atom. The van der Waals surface area contributed by atoms with Gasteiger partial charge in [-0.3, -0.25) is 4.90 Å². The summed E-state index contributed by atoms with van der Waals surface area (Å²) >= 11 is 0. The SMILES string of the molecule is C#CCN(Cc1ccccc1)C(=O)OCO. The molecule has 0 saturated carbocycles. The third kappa shape index (κ3) is 3.64. The van der Waals surface area contributed by atoms with Crippen LogP contribution in [0.4, 0.5) is 4.79 Å². The van der Waals surface area contributed by atoms with Crippen LogP contribution in [0.2, 0.25) is 0 Å². The van der Waals surface area contributed by atoms with Crippen LogP contribution in [0, 0.1) is 12.3 Å². The summed E-state index contributed by atoms with van der Waals surface area (Å²) < 4.78 is 4.48. The van der Waals surface area contributed by atoms with E-state index in [1.165, 1.54) is 4.90 Å². The van der Waals surface area contributed by atoms with Gasteiger partial charge < -0.3 is 9.84 Å². The molecule has 0 heterocycles. The highest BCUT2D eigenvalue weighted by molar-refractivity contribution is 5.67. The summed E-state index contributed by atoms with van der Waals surface area (Å²) in [6.07, 6.45) is 4.53. The second-order valence-electron chi connectivity index (χ2n) is 3.09. The number of amides is 1. The maximum Gasteiger partial charge on any atom is 0.412 e. The van der Waals surface area contributed by atoms with E-state index in [2.05, 4.69) is 10.7 Å². The highest BCUT2D eigenvalue weighted by Gasteiger charge is 2.13. The highest BCUT2D eigenvalue weighted by atomic mass is 16.6. The molecule has 0 aliphatic heterocycles. The third-order valence-corrected chi connectivity index (χ3v) is 1.94. The average Bonchev–Trinajstić information content (AvgIpc) is 2.30. The quantitative estimate of drug-likeness (QED) is 0.611. The van der Waals surface area contributed by atoms with E-state index in [9.17, 15) is 4.79 Å². The molecule has 4 nitrogen and oxygen atoms in total. The van der Waals surface area contributed by atoms with E-state index in [-0.39, 0.29) is 6.54 Å². The Labute approximate surface area is 94.4 Å². The predicted molar refractivity (Wildman–Crippen MR) is 59.3 cm³/mol. The topological polar surface area (TPSA) is 49.8 Å². The first kappa shape index (κ1) is 12.1. The molecule has 84 valence electrons. The van der Waals surface area contributed by atoms with E-state index >= 15 is 0 Å². The van der Waals surface area contributed by atoms with Gasteiger partial charge in [0, 0.05) is 6.54 Å². The second kappa shape index (κ2) is 6.49. The number of terminal acetylenes is 1. The zero-order valence-electron chi connectivity index (χ0n) is 8.80. The van der Waals surface area contributed by atoms with Gasteiger partial charge in [0.1, 0.15) is 0 Å². The molecule has 0 aliphatic carbocycles. The fraction of sp³-hybridized carbons (Fsp3) is 0.250. The molecule has 4 heteroatoms. The van der Waals surface area contributed by atoms with Crippen molar-refractivity contribution in [3.05, 3.63) is 35.9 Å². The minimum absolute atomic E-state index is 0.147. The van der Waals surface area contributed by atoms with Crippen molar-refractivity contribution >= 4 is 6.09 Å². The number of aliphatic hydroxyl groups is 1. The van der Waals surface area contributed by atoms with Gasteiger partial charge in [-0.1, -0.05) is 36.3 Å². The Kier molecular flexibility index (Phi) is 4.90. The Bertz CT molecular complexity index is 370. The van der Waals surface area contributed by atoms with Crippen LogP contribution in [0.1, 0.15) is 5.56 Å². The highest BCUT2D eigenvalue weighted by Crippen LogP contribution is 2.05. The lowest BCUT2D eigenvalue weighted by atomic mass is 10.2. The molecule has 0 unspecified atom stereocenters. The molecule has 0 aliphatic rings. The van der Waals surface area contributed by atoms with Gasteiger partial charge in [0.15, 0.2) is 6.79 Å². The summed E-state index contributed by atoms with van der Waals surface area (Å²) in [5, 5.41) is 8.50. The van der Waals surface area contributed by atoms with Crippen molar-refractivity contribution in [2.75, 3.05) is 13.3 Å². The smallest absolute Gasteiger partial charge is 0.412 e. The number of hydrogen-bond acceptors (Lipinski definition) is 3. The van der Waals surface area contributed by atoms with E-state index in [1.54, 1.807) is 0 Å². The number of hydrogen-bond donors (Lipinski definition) is 1. The van der Waals surface area contributed by atoms with E-state index < -0.39 is 12.9 Å². The third-order valence-electron chi connectivity index (χ3n) is 1.94. The number of carbonyl (C=O) groups excluding carboxylic acids is 1. The molecule has 0 aromatic heterocycles. The van der Waals surface area contributed by atoms with Gasteiger partial charge in [0.2, 0.25) is 0 Å². The largest absolute Gasteiger partial charge is 0.422 e. The predicted octanol–water partition coefficient (Wildman–Crippen LogP) is 1.21. The lowest BCUT2D eigenvalue weighted by molar-refractivity contribution is 0.0230. The zero-order valence-corrected chi connectivity index (χ0v) is 8.80. The van der Waals surface area contributed by atoms with Crippen LogP contribution in [0.3, 0.4) is 0 Å². The molecule has 0 bridgehead atoms. The number of aliphatic hydroxyl groups excluding tert-OH is 1. The Balaban J connectivity index is 2.65. The first-order valence-corrected chi connectivity index (χ1v) is 4.78. The summed E-state index contributed by atoms with van der Waals surface area (Å²) in [4.78, 5) is 12.7. The second-order valence-corrected chi connectivity index (χ2v) is 3.09. The van der Waals surface area contributed by atoms with Crippen molar-refractivity contribution in [2.45, 2.75) is 6.54 Å². The van der Waals surface area contributed by atoms with Crippen LogP contribution < -0.4 is 0 Å². The van der Waals surface area contributed by atoms with Gasteiger partial charge in [0.05, 0.1) is 6.54 Å². The number of benzene rings is 1. The van der Waals surface area contributed by atoms with Gasteiger partial charge in [-0.25, -0.2) is 4.79 Å². The molecule has 16 heavy (non-hydrogen) atoms. The molecule has 1 rings (SSSR count). The summed E-state index contributed by atoms with van der Waals surface area (Å²) in [6, 6.07) is 9.41. The molecule has 1 aromatic carbocycles. The van der Waals surface area contributed by atoms with Crippen molar-refractivity contribution in [2.24, 2.45) is 0 Å². The zero-order chi connectivity index (χ0) is 11.8. The van der Waals surface area contributed by atoms with Crippen molar-refractivity contribution in [3.8, 4) is 12.3 Å². The molecule has 1 N–H and O–H groups in total. The maximum atomic E-state index is 11.4. The molecule has 0 saturated heterocycles. The molecule has 0 radical (unpaired) electrons. The van der Waals surface area contributed by atoms with Crippen LogP contribution in [-0.2, 0) is 11.3 Å². The number of ether oxygens (including phenoxy) is 1. The molecular formula is C12H13NO3.